The molecule has 2 aromatic rings. The number of nitrogen functional groups attached to an aromatic ring is 1. The van der Waals surface area contributed by atoms with E-state index in [9.17, 15) is 9.90 Å². The minimum absolute atomic E-state index is 0.103. The van der Waals surface area contributed by atoms with E-state index in [4.69, 9.17) is 15.6 Å². The molecule has 0 radical (unpaired) electrons. The van der Waals surface area contributed by atoms with E-state index in [-0.39, 0.29) is 19.0 Å². The zero-order valence-electron chi connectivity index (χ0n) is 10.4. The molecule has 3 rings (SSSR count). The molecule has 0 spiro atoms. The fraction of sp³-hybridized carbons (Fsp3) is 0.455. The molecule has 20 heavy (non-hydrogen) atoms. The molecule has 0 saturated carbocycles. The van der Waals surface area contributed by atoms with Crippen molar-refractivity contribution in [3.8, 4) is 0 Å². The highest BCUT2D eigenvalue weighted by Gasteiger charge is 2.40. The van der Waals surface area contributed by atoms with Gasteiger partial charge in [0.15, 0.2) is 5.65 Å². The van der Waals surface area contributed by atoms with Crippen LogP contribution in [-0.4, -0.2) is 48.4 Å². The number of ether oxygens (including phenoxy) is 1. The first kappa shape index (κ1) is 12.8. The van der Waals surface area contributed by atoms with E-state index in [1.807, 2.05) is 0 Å². The van der Waals surface area contributed by atoms with E-state index in [2.05, 4.69) is 15.0 Å². The Kier molecular flexibility index (Phi) is 2.99. The zero-order valence-corrected chi connectivity index (χ0v) is 10.4. The average molecular weight is 279 g/mol. The third-order valence-corrected chi connectivity index (χ3v) is 3.38. The van der Waals surface area contributed by atoms with Crippen LogP contribution >= 0.6 is 0 Å². The van der Waals surface area contributed by atoms with Gasteiger partial charge in [-0.1, -0.05) is 0 Å². The van der Waals surface area contributed by atoms with E-state index in [1.165, 1.54) is 12.5 Å². The summed E-state index contributed by atoms with van der Waals surface area (Å²) in [4.78, 5) is 23.2. The van der Waals surface area contributed by atoms with Gasteiger partial charge < -0.3 is 20.7 Å². The SMILES string of the molecule is Nc1ncc2ncn([C@H]3C[C@H](C(=O)O)[C@@H](CO)O3)c2n1. The van der Waals surface area contributed by atoms with E-state index >= 15 is 0 Å². The minimum Gasteiger partial charge on any atom is -0.481 e. The smallest absolute Gasteiger partial charge is 0.309 e. The van der Waals surface area contributed by atoms with Gasteiger partial charge >= 0.3 is 5.97 Å². The molecule has 0 aliphatic carbocycles. The molecule has 3 atom stereocenters. The predicted octanol–water partition coefficient (Wildman–Crippen LogP) is -0.611. The zero-order chi connectivity index (χ0) is 14.3. The molecule has 0 aromatic carbocycles. The summed E-state index contributed by atoms with van der Waals surface area (Å²) < 4.78 is 7.18. The Balaban J connectivity index is 1.96. The number of carboxylic acids is 1. The maximum absolute atomic E-state index is 11.1. The number of anilines is 1. The molecular formula is C11H13N5O4. The fourth-order valence-electron chi connectivity index (χ4n) is 2.38. The van der Waals surface area contributed by atoms with Gasteiger partial charge in [-0.05, 0) is 0 Å². The quantitative estimate of drug-likeness (QED) is 0.676. The van der Waals surface area contributed by atoms with Crippen LogP contribution in [0.2, 0.25) is 0 Å². The van der Waals surface area contributed by atoms with Crippen LogP contribution < -0.4 is 5.73 Å². The highest BCUT2D eigenvalue weighted by Crippen LogP contribution is 2.34. The summed E-state index contributed by atoms with van der Waals surface area (Å²) in [7, 11) is 0. The Morgan fingerprint density at radius 3 is 3.00 bits per heavy atom. The number of hydrogen-bond donors (Lipinski definition) is 3. The molecule has 0 unspecified atom stereocenters. The molecule has 9 heteroatoms. The Morgan fingerprint density at radius 1 is 1.55 bits per heavy atom. The Bertz CT molecular complexity index is 657. The first-order valence-electron chi connectivity index (χ1n) is 6.04. The predicted molar refractivity (Wildman–Crippen MR) is 66.5 cm³/mol. The lowest BCUT2D eigenvalue weighted by molar-refractivity contribution is -0.144. The highest BCUT2D eigenvalue weighted by atomic mass is 16.5. The van der Waals surface area contributed by atoms with Crippen LogP contribution in [0.4, 0.5) is 5.95 Å². The van der Waals surface area contributed by atoms with E-state index in [0.29, 0.717) is 11.2 Å². The summed E-state index contributed by atoms with van der Waals surface area (Å²) in [6.07, 6.45) is 1.93. The van der Waals surface area contributed by atoms with Crippen molar-refractivity contribution < 1.29 is 19.7 Å². The number of carbonyl (C=O) groups is 1. The normalized spacial score (nSPS) is 26.1. The molecule has 3 heterocycles. The van der Waals surface area contributed by atoms with Crippen molar-refractivity contribution >= 4 is 23.1 Å². The van der Waals surface area contributed by atoms with Gasteiger partial charge in [0.05, 0.1) is 31.2 Å². The van der Waals surface area contributed by atoms with Crippen molar-refractivity contribution in [1.82, 2.24) is 19.5 Å². The second-order valence-corrected chi connectivity index (χ2v) is 4.58. The molecular weight excluding hydrogens is 266 g/mol. The summed E-state index contributed by atoms with van der Waals surface area (Å²) in [6.45, 7) is -0.350. The van der Waals surface area contributed by atoms with Crippen LogP contribution in [0.1, 0.15) is 12.6 Å². The van der Waals surface area contributed by atoms with Crippen LogP contribution in [-0.2, 0) is 9.53 Å². The third-order valence-electron chi connectivity index (χ3n) is 3.38. The summed E-state index contributed by atoms with van der Waals surface area (Å²) in [6, 6.07) is 0. The van der Waals surface area contributed by atoms with Gasteiger partial charge in [-0.2, -0.15) is 4.98 Å². The summed E-state index contributed by atoms with van der Waals surface area (Å²) in [5.74, 6) is -1.66. The molecule has 1 fully saturated rings. The number of fused-ring (bicyclic) bond motifs is 1. The van der Waals surface area contributed by atoms with Crippen molar-refractivity contribution in [2.75, 3.05) is 12.3 Å². The Hall–Kier alpha value is -2.26. The number of nitrogens with zero attached hydrogens (tertiary/aromatic N) is 4. The van der Waals surface area contributed by atoms with Crippen LogP contribution in [0.25, 0.3) is 11.2 Å². The van der Waals surface area contributed by atoms with E-state index in [0.717, 1.165) is 0 Å². The summed E-state index contributed by atoms with van der Waals surface area (Å²) in [5, 5.41) is 18.3. The Labute approximate surface area is 113 Å². The standard InChI is InChI=1S/C11H13N5O4/c12-11-13-2-6-9(15-11)16(4-14-6)8-1-5(10(18)19)7(3-17)20-8/h2,4-5,7-8,17H,1,3H2,(H,18,19)(H2,12,13,15)/t5-,7+,8+/m0/s1. The van der Waals surface area contributed by atoms with Crippen molar-refractivity contribution in [3.05, 3.63) is 12.5 Å². The number of carboxylic acid groups (broad SMARTS) is 1. The van der Waals surface area contributed by atoms with Crippen LogP contribution in [0, 0.1) is 5.92 Å². The molecule has 4 N–H and O–H groups in total. The number of aliphatic carboxylic acids is 1. The highest BCUT2D eigenvalue weighted by molar-refractivity contribution is 5.72. The second kappa shape index (κ2) is 4.69. The number of aromatic nitrogens is 4. The Morgan fingerprint density at radius 2 is 2.35 bits per heavy atom. The van der Waals surface area contributed by atoms with Crippen molar-refractivity contribution in [3.63, 3.8) is 0 Å². The lowest BCUT2D eigenvalue weighted by atomic mass is 10.0. The molecule has 1 saturated heterocycles. The van der Waals surface area contributed by atoms with Gasteiger partial charge in [0.25, 0.3) is 0 Å². The monoisotopic (exact) mass is 279 g/mol. The van der Waals surface area contributed by atoms with Gasteiger partial charge in [-0.25, -0.2) is 9.97 Å². The maximum Gasteiger partial charge on any atom is 0.309 e. The molecule has 1 aliphatic rings. The van der Waals surface area contributed by atoms with Gasteiger partial charge in [0.2, 0.25) is 5.95 Å². The first-order valence-corrected chi connectivity index (χ1v) is 6.04. The van der Waals surface area contributed by atoms with Crippen LogP contribution in [0.15, 0.2) is 12.5 Å². The first-order chi connectivity index (χ1) is 9.60. The number of hydrogen-bond acceptors (Lipinski definition) is 7. The van der Waals surface area contributed by atoms with Gasteiger partial charge in [0, 0.05) is 6.42 Å². The van der Waals surface area contributed by atoms with Crippen molar-refractivity contribution in [2.24, 2.45) is 5.92 Å². The maximum atomic E-state index is 11.1. The van der Waals surface area contributed by atoms with Crippen LogP contribution in [0.5, 0.6) is 0 Å². The number of rotatable bonds is 3. The molecule has 0 bridgehead atoms. The summed E-state index contributed by atoms with van der Waals surface area (Å²) in [5.41, 5.74) is 6.56. The van der Waals surface area contributed by atoms with Crippen LogP contribution in [0.3, 0.4) is 0 Å². The summed E-state index contributed by atoms with van der Waals surface area (Å²) >= 11 is 0. The van der Waals surface area contributed by atoms with Gasteiger partial charge in [0.1, 0.15) is 11.7 Å². The number of aliphatic hydroxyl groups is 1. The third kappa shape index (κ3) is 1.96. The molecule has 9 nitrogen and oxygen atoms in total. The number of nitrogens with two attached hydrogens (primary N) is 1. The fourth-order valence-corrected chi connectivity index (χ4v) is 2.38. The molecule has 106 valence electrons. The average Bonchev–Trinajstić information content (AvgIpc) is 3.00. The van der Waals surface area contributed by atoms with Crippen molar-refractivity contribution in [2.45, 2.75) is 18.8 Å². The van der Waals surface area contributed by atoms with Crippen molar-refractivity contribution in [1.29, 1.82) is 0 Å². The van der Waals surface area contributed by atoms with Gasteiger partial charge in [-0.15, -0.1) is 0 Å². The van der Waals surface area contributed by atoms with E-state index < -0.39 is 24.2 Å². The number of aliphatic hydroxyl groups excluding tert-OH is 1. The lowest BCUT2D eigenvalue weighted by Crippen LogP contribution is -2.26. The molecule has 2 aromatic heterocycles. The lowest BCUT2D eigenvalue weighted by Gasteiger charge is -2.13. The molecule has 0 amide bonds. The number of imidazole rings is 1. The topological polar surface area (TPSA) is 136 Å². The minimum atomic E-state index is -0.995. The second-order valence-electron chi connectivity index (χ2n) is 4.58. The van der Waals surface area contributed by atoms with Gasteiger partial charge in [-0.3, -0.25) is 9.36 Å². The molecule has 1 aliphatic heterocycles. The largest absolute Gasteiger partial charge is 0.481 e. The van der Waals surface area contributed by atoms with E-state index in [1.54, 1.807) is 4.57 Å².